The number of hydrogen-bond acceptors (Lipinski definition) is 3. The minimum atomic E-state index is 0.122. The second-order valence-electron chi connectivity index (χ2n) is 4.08. The van der Waals surface area contributed by atoms with Gasteiger partial charge in [-0.2, -0.15) is 0 Å². The Kier molecular flexibility index (Phi) is 6.89. The van der Waals surface area contributed by atoms with Crippen LogP contribution in [0.15, 0.2) is 17.5 Å². The molecule has 0 bridgehead atoms. The van der Waals surface area contributed by atoms with Crippen LogP contribution in [0.4, 0.5) is 0 Å². The first-order valence-corrected chi connectivity index (χ1v) is 7.15. The van der Waals surface area contributed by atoms with E-state index in [4.69, 9.17) is 0 Å². The van der Waals surface area contributed by atoms with Crippen molar-refractivity contribution < 1.29 is 4.79 Å². The van der Waals surface area contributed by atoms with E-state index in [9.17, 15) is 4.79 Å². The number of carbonyl (C=O) groups is 1. The zero-order valence-electron chi connectivity index (χ0n) is 10.7. The fraction of sp³-hybridized carbons (Fsp3) is 0.615. The van der Waals surface area contributed by atoms with E-state index in [1.165, 1.54) is 11.3 Å². The molecule has 17 heavy (non-hydrogen) atoms. The number of unbranched alkanes of at least 4 members (excludes halogenated alkanes) is 1. The fourth-order valence-electron chi connectivity index (χ4n) is 1.59. The van der Waals surface area contributed by atoms with Gasteiger partial charge in [-0.3, -0.25) is 9.69 Å². The fourth-order valence-corrected chi connectivity index (χ4v) is 2.23. The quantitative estimate of drug-likeness (QED) is 0.773. The highest BCUT2D eigenvalue weighted by molar-refractivity contribution is 7.09. The lowest BCUT2D eigenvalue weighted by molar-refractivity contribution is -0.122. The summed E-state index contributed by atoms with van der Waals surface area (Å²) in [6, 6.07) is 4.05. The summed E-state index contributed by atoms with van der Waals surface area (Å²) >= 11 is 1.68. The molecule has 1 aromatic rings. The molecule has 1 heterocycles. The molecule has 0 spiro atoms. The summed E-state index contributed by atoms with van der Waals surface area (Å²) in [6.45, 7) is 7.39. The first-order valence-electron chi connectivity index (χ1n) is 6.27. The first kappa shape index (κ1) is 14.2. The third kappa shape index (κ3) is 5.84. The average molecular weight is 254 g/mol. The Morgan fingerprint density at radius 1 is 1.47 bits per heavy atom. The third-order valence-electron chi connectivity index (χ3n) is 2.68. The molecule has 0 aliphatic carbocycles. The minimum Gasteiger partial charge on any atom is -0.350 e. The Labute approximate surface area is 108 Å². The number of nitrogens with one attached hydrogen (secondary N) is 1. The largest absolute Gasteiger partial charge is 0.350 e. The molecule has 0 radical (unpaired) electrons. The van der Waals surface area contributed by atoms with Crippen LogP contribution in [0.2, 0.25) is 0 Å². The summed E-state index contributed by atoms with van der Waals surface area (Å²) in [5, 5.41) is 4.98. The number of nitrogens with zero attached hydrogens (tertiary/aromatic N) is 1. The molecule has 1 rings (SSSR count). The van der Waals surface area contributed by atoms with Gasteiger partial charge in [0.1, 0.15) is 0 Å². The van der Waals surface area contributed by atoms with Gasteiger partial charge in [0.05, 0.1) is 13.1 Å². The Morgan fingerprint density at radius 2 is 2.29 bits per heavy atom. The van der Waals surface area contributed by atoms with E-state index >= 15 is 0 Å². The summed E-state index contributed by atoms with van der Waals surface area (Å²) in [7, 11) is 0. The highest BCUT2D eigenvalue weighted by atomic mass is 32.1. The summed E-state index contributed by atoms with van der Waals surface area (Å²) in [4.78, 5) is 15.1. The number of carbonyl (C=O) groups excluding carboxylic acids is 1. The molecule has 0 saturated heterocycles. The molecule has 3 nitrogen and oxygen atoms in total. The van der Waals surface area contributed by atoms with Crippen molar-refractivity contribution in [2.45, 2.75) is 33.2 Å². The van der Waals surface area contributed by atoms with Crippen LogP contribution in [0.5, 0.6) is 0 Å². The Hall–Kier alpha value is -0.870. The van der Waals surface area contributed by atoms with Crippen LogP contribution in [0.1, 0.15) is 31.6 Å². The van der Waals surface area contributed by atoms with Crippen molar-refractivity contribution >= 4 is 17.2 Å². The molecule has 96 valence electrons. The third-order valence-corrected chi connectivity index (χ3v) is 3.56. The predicted molar refractivity (Wildman–Crippen MR) is 73.2 cm³/mol. The van der Waals surface area contributed by atoms with Crippen molar-refractivity contribution in [3.05, 3.63) is 22.4 Å². The van der Waals surface area contributed by atoms with Gasteiger partial charge in [0.25, 0.3) is 0 Å². The molecule has 1 N–H and O–H groups in total. The van der Waals surface area contributed by atoms with Gasteiger partial charge >= 0.3 is 0 Å². The van der Waals surface area contributed by atoms with E-state index in [0.717, 1.165) is 19.5 Å². The standard InChI is InChI=1S/C13H22N2OS/c1-3-5-8-15(4-2)11-13(16)14-10-12-7-6-9-17-12/h6-7,9H,3-5,8,10-11H2,1-2H3,(H,14,16). The summed E-state index contributed by atoms with van der Waals surface area (Å²) in [5.74, 6) is 0.122. The van der Waals surface area contributed by atoms with Crippen LogP contribution < -0.4 is 5.32 Å². The van der Waals surface area contributed by atoms with Crippen LogP contribution in [0, 0.1) is 0 Å². The molecule has 0 aliphatic rings. The Morgan fingerprint density at radius 3 is 2.88 bits per heavy atom. The van der Waals surface area contributed by atoms with Gasteiger partial charge in [-0.15, -0.1) is 11.3 Å². The summed E-state index contributed by atoms with van der Waals surface area (Å²) < 4.78 is 0. The molecule has 1 aromatic heterocycles. The van der Waals surface area contributed by atoms with E-state index in [0.29, 0.717) is 13.1 Å². The summed E-state index contributed by atoms with van der Waals surface area (Å²) in [5.41, 5.74) is 0. The molecule has 0 fully saturated rings. The number of hydrogen-bond donors (Lipinski definition) is 1. The number of likely N-dealkylation sites (N-methyl/N-ethyl adjacent to an activating group) is 1. The smallest absolute Gasteiger partial charge is 0.234 e. The zero-order valence-corrected chi connectivity index (χ0v) is 11.6. The van der Waals surface area contributed by atoms with Crippen LogP contribution in [0.3, 0.4) is 0 Å². The maximum Gasteiger partial charge on any atom is 0.234 e. The van der Waals surface area contributed by atoms with Crippen molar-refractivity contribution in [1.29, 1.82) is 0 Å². The molecule has 0 aliphatic heterocycles. The molecular formula is C13H22N2OS. The molecule has 4 heteroatoms. The Bertz CT molecular complexity index is 311. The monoisotopic (exact) mass is 254 g/mol. The van der Waals surface area contributed by atoms with Crippen molar-refractivity contribution in [2.75, 3.05) is 19.6 Å². The summed E-state index contributed by atoms with van der Waals surface area (Å²) in [6.07, 6.45) is 2.33. The van der Waals surface area contributed by atoms with Gasteiger partial charge in [-0.25, -0.2) is 0 Å². The molecule has 1 amide bonds. The van der Waals surface area contributed by atoms with E-state index in [1.807, 2.05) is 17.5 Å². The normalized spacial score (nSPS) is 10.8. The van der Waals surface area contributed by atoms with Gasteiger partial charge in [-0.05, 0) is 31.0 Å². The number of rotatable bonds is 8. The first-order chi connectivity index (χ1) is 8.26. The molecule has 0 unspecified atom stereocenters. The maximum absolute atomic E-state index is 11.7. The Balaban J connectivity index is 2.22. The van der Waals surface area contributed by atoms with Gasteiger partial charge in [0.15, 0.2) is 0 Å². The SMILES string of the molecule is CCCCN(CC)CC(=O)NCc1cccs1. The minimum absolute atomic E-state index is 0.122. The van der Waals surface area contributed by atoms with Crippen molar-refractivity contribution in [1.82, 2.24) is 10.2 Å². The van der Waals surface area contributed by atoms with Crippen molar-refractivity contribution in [3.8, 4) is 0 Å². The van der Waals surface area contributed by atoms with Crippen LogP contribution in [0.25, 0.3) is 0 Å². The lowest BCUT2D eigenvalue weighted by atomic mass is 10.3. The van der Waals surface area contributed by atoms with Crippen LogP contribution in [-0.4, -0.2) is 30.4 Å². The molecule has 0 aromatic carbocycles. The van der Waals surface area contributed by atoms with Gasteiger partial charge < -0.3 is 5.32 Å². The highest BCUT2D eigenvalue weighted by Crippen LogP contribution is 2.07. The zero-order chi connectivity index (χ0) is 12.5. The second-order valence-corrected chi connectivity index (χ2v) is 5.11. The molecular weight excluding hydrogens is 232 g/mol. The molecule has 0 saturated carbocycles. The van der Waals surface area contributed by atoms with E-state index in [-0.39, 0.29) is 5.91 Å². The van der Waals surface area contributed by atoms with E-state index in [2.05, 4.69) is 24.1 Å². The second kappa shape index (κ2) is 8.25. The van der Waals surface area contributed by atoms with Gasteiger partial charge in [-0.1, -0.05) is 26.3 Å². The van der Waals surface area contributed by atoms with E-state index < -0.39 is 0 Å². The average Bonchev–Trinajstić information content (AvgIpc) is 2.85. The van der Waals surface area contributed by atoms with Crippen LogP contribution in [-0.2, 0) is 11.3 Å². The van der Waals surface area contributed by atoms with Crippen molar-refractivity contribution in [2.24, 2.45) is 0 Å². The number of thiophene rings is 1. The lowest BCUT2D eigenvalue weighted by Crippen LogP contribution is -2.37. The highest BCUT2D eigenvalue weighted by Gasteiger charge is 2.08. The lowest BCUT2D eigenvalue weighted by Gasteiger charge is -2.19. The molecule has 0 atom stereocenters. The van der Waals surface area contributed by atoms with Crippen LogP contribution >= 0.6 is 11.3 Å². The topological polar surface area (TPSA) is 32.3 Å². The predicted octanol–water partition coefficient (Wildman–Crippen LogP) is 2.49. The van der Waals surface area contributed by atoms with Gasteiger partial charge in [0, 0.05) is 4.88 Å². The maximum atomic E-state index is 11.7. The van der Waals surface area contributed by atoms with Crippen molar-refractivity contribution in [3.63, 3.8) is 0 Å². The van der Waals surface area contributed by atoms with Gasteiger partial charge in [0.2, 0.25) is 5.91 Å². The van der Waals surface area contributed by atoms with E-state index in [1.54, 1.807) is 11.3 Å². The number of amides is 1.